The van der Waals surface area contributed by atoms with E-state index in [2.05, 4.69) is 15.3 Å². The second-order valence-electron chi connectivity index (χ2n) is 15.2. The molecule has 2 amide bonds. The zero-order valence-electron chi connectivity index (χ0n) is 34.7. The van der Waals surface area contributed by atoms with Crippen LogP contribution in [0.25, 0.3) is 11.3 Å². The Hall–Kier alpha value is -5.71. The van der Waals surface area contributed by atoms with Gasteiger partial charge in [0.1, 0.15) is 29.1 Å². The van der Waals surface area contributed by atoms with Gasteiger partial charge in [-0.15, -0.1) is 0 Å². The lowest BCUT2D eigenvalue weighted by atomic mass is 9.88. The molecule has 0 unspecified atom stereocenters. The molecule has 1 N–H and O–H groups in total. The normalized spacial score (nSPS) is 16.0. The minimum Gasteiger partial charge on any atom is -0.489 e. The number of hydrazine groups is 1. The quantitative estimate of drug-likeness (QED) is 0.0719. The molecule has 1 aliphatic heterocycles. The van der Waals surface area contributed by atoms with Crippen LogP contribution in [0, 0.1) is 18.6 Å². The molecular formula is C42H42F8N6O7S. The first kappa shape index (κ1) is 47.8. The van der Waals surface area contributed by atoms with Crippen LogP contribution in [0.5, 0.6) is 5.75 Å². The number of benzene rings is 3. The van der Waals surface area contributed by atoms with Gasteiger partial charge in [-0.05, 0) is 69.3 Å². The summed E-state index contributed by atoms with van der Waals surface area (Å²) >= 11 is 0. The van der Waals surface area contributed by atoms with E-state index in [1.807, 2.05) is 4.90 Å². The summed E-state index contributed by atoms with van der Waals surface area (Å²) in [6.45, 7) is 2.25. The van der Waals surface area contributed by atoms with Crippen LogP contribution in [0.15, 0.2) is 83.2 Å². The van der Waals surface area contributed by atoms with Crippen molar-refractivity contribution in [1.29, 1.82) is 0 Å². The maximum Gasteiger partial charge on any atom is 0.433 e. The number of carbonyl (C=O) groups excluding carboxylic acids is 2. The van der Waals surface area contributed by atoms with Gasteiger partial charge in [-0.25, -0.2) is 19.4 Å². The van der Waals surface area contributed by atoms with Crippen molar-refractivity contribution in [2.24, 2.45) is 0 Å². The molecule has 6 rings (SSSR count). The number of nitrogens with zero attached hydrogens (tertiary/aromatic N) is 5. The predicted molar refractivity (Wildman–Crippen MR) is 213 cm³/mol. The number of nitrogens with one attached hydrogen (secondary N) is 1. The van der Waals surface area contributed by atoms with Gasteiger partial charge in [-0.3, -0.25) is 14.6 Å². The Morgan fingerprint density at radius 1 is 0.906 bits per heavy atom. The second-order valence-corrected chi connectivity index (χ2v) is 16.7. The Labute approximate surface area is 362 Å². The first-order chi connectivity index (χ1) is 30.1. The zero-order chi connectivity index (χ0) is 46.8. The number of carbonyl (C=O) groups is 2. The molecule has 1 fully saturated rings. The SMILES string of the molecule is COCCN(C)CCOc1ccc(CN2C(=O)C(C(=O)Nc3ccc(C(F)(F)F)cc3-c3cc(C(F)(F)F)ncn3)=C(OS(=O)(=O)c3ccc(C)cc3)C3(CCCC3)N2C)c(F)c1F. The molecule has 1 spiro atoms. The summed E-state index contributed by atoms with van der Waals surface area (Å²) in [5, 5.41) is 4.43. The van der Waals surface area contributed by atoms with Gasteiger partial charge in [0.2, 0.25) is 5.82 Å². The molecule has 4 aromatic rings. The van der Waals surface area contributed by atoms with Crippen molar-refractivity contribution < 1.29 is 66.8 Å². The molecule has 1 aromatic heterocycles. The number of aromatic nitrogens is 2. The number of alkyl halides is 6. The Morgan fingerprint density at radius 2 is 1.58 bits per heavy atom. The molecule has 1 aliphatic carbocycles. The number of methoxy groups -OCH3 is 1. The third kappa shape index (κ3) is 10.1. The Bertz CT molecular complexity index is 2530. The van der Waals surface area contributed by atoms with Crippen LogP contribution >= 0.6 is 0 Å². The van der Waals surface area contributed by atoms with Gasteiger partial charge in [-0.2, -0.15) is 39.2 Å². The first-order valence-corrected chi connectivity index (χ1v) is 21.0. The van der Waals surface area contributed by atoms with Gasteiger partial charge >= 0.3 is 22.5 Å². The van der Waals surface area contributed by atoms with Gasteiger partial charge in [0.15, 0.2) is 17.3 Å². The lowest BCUT2D eigenvalue weighted by Crippen LogP contribution is -2.62. The van der Waals surface area contributed by atoms with Crippen molar-refractivity contribution in [3.8, 4) is 17.0 Å². The first-order valence-electron chi connectivity index (χ1n) is 19.6. The van der Waals surface area contributed by atoms with Gasteiger partial charge in [0.25, 0.3) is 11.8 Å². The van der Waals surface area contributed by atoms with Gasteiger partial charge in [-0.1, -0.05) is 36.6 Å². The highest BCUT2D eigenvalue weighted by atomic mass is 32.2. The molecule has 344 valence electrons. The summed E-state index contributed by atoms with van der Waals surface area (Å²) in [6, 6.07) is 9.72. The lowest BCUT2D eigenvalue weighted by molar-refractivity contribution is -0.162. The predicted octanol–water partition coefficient (Wildman–Crippen LogP) is 7.52. The van der Waals surface area contributed by atoms with Gasteiger partial charge in [0, 0.05) is 38.4 Å². The number of anilines is 1. The van der Waals surface area contributed by atoms with Gasteiger partial charge in [0.05, 0.1) is 35.6 Å². The molecule has 2 aliphatic rings. The van der Waals surface area contributed by atoms with Crippen LogP contribution in [0.2, 0.25) is 0 Å². The van der Waals surface area contributed by atoms with Crippen molar-refractivity contribution in [3.63, 3.8) is 0 Å². The maximum atomic E-state index is 15.9. The minimum absolute atomic E-state index is 0.0231. The van der Waals surface area contributed by atoms with Crippen LogP contribution in [-0.4, -0.2) is 98.2 Å². The average molecular weight is 927 g/mol. The Morgan fingerprint density at radius 3 is 2.22 bits per heavy atom. The smallest absolute Gasteiger partial charge is 0.433 e. The molecule has 1 saturated carbocycles. The molecular weight excluding hydrogens is 885 g/mol. The highest BCUT2D eigenvalue weighted by Gasteiger charge is 2.55. The van der Waals surface area contributed by atoms with Crippen LogP contribution in [0.1, 0.15) is 48.1 Å². The molecule has 13 nitrogen and oxygen atoms in total. The van der Waals surface area contributed by atoms with E-state index in [4.69, 9.17) is 13.7 Å². The summed E-state index contributed by atoms with van der Waals surface area (Å²) in [5.74, 6) is -6.64. The minimum atomic E-state index is -5.06. The molecule has 3 aromatic carbocycles. The third-order valence-corrected chi connectivity index (χ3v) is 12.2. The second kappa shape index (κ2) is 18.8. The standard InChI is InChI=1S/C42H42F8N6O7S/c1-25-7-11-28(12-8-25)64(59,60)63-37-34(38(57)53-30-13-10-27(41(45,46)47)21-29(30)31-22-33(42(48,49)50)52-24-51-31)39(58)56(55(3)40(37)15-5-6-16-40)23-26-9-14-32(36(44)35(26)43)62-20-18-54(2)17-19-61-4/h7-14,21-22,24H,5-6,15-20,23H2,1-4H3,(H,53,57). The van der Waals surface area contributed by atoms with Crippen molar-refractivity contribution in [3.05, 3.63) is 112 Å². The summed E-state index contributed by atoms with van der Waals surface area (Å²) in [4.78, 5) is 37.8. The fourth-order valence-electron chi connectivity index (χ4n) is 7.37. The summed E-state index contributed by atoms with van der Waals surface area (Å²) in [6.07, 6.45) is -8.72. The summed E-state index contributed by atoms with van der Waals surface area (Å²) in [7, 11) is -0.171. The molecule has 0 atom stereocenters. The number of hydrogen-bond acceptors (Lipinski definition) is 11. The Balaban J connectivity index is 1.45. The van der Waals surface area contributed by atoms with Crippen molar-refractivity contribution >= 4 is 27.6 Å². The molecule has 0 radical (unpaired) electrons. The van der Waals surface area contributed by atoms with E-state index in [9.17, 15) is 44.3 Å². The lowest BCUT2D eigenvalue weighted by Gasteiger charge is -2.49. The monoisotopic (exact) mass is 926 g/mol. The highest BCUT2D eigenvalue weighted by molar-refractivity contribution is 7.86. The fourth-order valence-corrected chi connectivity index (χ4v) is 8.39. The van der Waals surface area contributed by atoms with Crippen LogP contribution < -0.4 is 10.1 Å². The maximum absolute atomic E-state index is 15.9. The van der Waals surface area contributed by atoms with Gasteiger partial charge < -0.3 is 23.9 Å². The van der Waals surface area contributed by atoms with E-state index >= 15 is 8.78 Å². The number of aryl methyl sites for hydroxylation is 1. The largest absolute Gasteiger partial charge is 0.489 e. The van der Waals surface area contributed by atoms with Crippen LogP contribution in [0.4, 0.5) is 40.8 Å². The molecule has 64 heavy (non-hydrogen) atoms. The van der Waals surface area contributed by atoms with E-state index in [0.717, 1.165) is 23.2 Å². The number of likely N-dealkylation sites (N-methyl/N-ethyl adjacent to an activating group) is 2. The molecule has 22 heteroatoms. The number of halogens is 8. The number of hydrogen-bond donors (Lipinski definition) is 1. The highest BCUT2D eigenvalue weighted by Crippen LogP contribution is 2.48. The number of rotatable bonds is 15. The Kier molecular flexibility index (Phi) is 14.0. The van der Waals surface area contributed by atoms with E-state index < -0.39 is 103 Å². The van der Waals surface area contributed by atoms with E-state index in [-0.39, 0.29) is 29.9 Å². The summed E-state index contributed by atoms with van der Waals surface area (Å²) in [5.41, 5.74) is -7.14. The number of amides is 2. The molecule has 2 heterocycles. The fraction of sp³-hybridized carbons (Fsp3) is 0.381. The topological polar surface area (TPSA) is 144 Å². The van der Waals surface area contributed by atoms with Crippen molar-refractivity contribution in [2.75, 3.05) is 52.8 Å². The van der Waals surface area contributed by atoms with E-state index in [0.29, 0.717) is 62.6 Å². The van der Waals surface area contributed by atoms with Crippen LogP contribution in [0.3, 0.4) is 0 Å². The zero-order valence-corrected chi connectivity index (χ0v) is 35.6. The van der Waals surface area contributed by atoms with Crippen molar-refractivity contribution in [2.45, 2.75) is 61.9 Å². The van der Waals surface area contributed by atoms with Crippen LogP contribution in [-0.2, 0) is 47.5 Å². The van der Waals surface area contributed by atoms with E-state index in [1.54, 1.807) is 14.0 Å². The molecule has 0 bridgehead atoms. The summed E-state index contributed by atoms with van der Waals surface area (Å²) < 4.78 is 159. The molecule has 0 saturated heterocycles. The average Bonchev–Trinajstić information content (AvgIpc) is 3.74. The van der Waals surface area contributed by atoms with Crippen molar-refractivity contribution in [1.82, 2.24) is 24.9 Å². The number of ether oxygens (including phenoxy) is 2. The third-order valence-electron chi connectivity index (χ3n) is 10.9. The van der Waals surface area contributed by atoms with E-state index in [1.165, 1.54) is 43.4 Å².